The molecule has 1 aliphatic heterocycles. The van der Waals surface area contributed by atoms with Crippen molar-refractivity contribution in [3.8, 4) is 0 Å². The van der Waals surface area contributed by atoms with Gasteiger partial charge in [0.25, 0.3) is 0 Å². The van der Waals surface area contributed by atoms with Crippen LogP contribution >= 0.6 is 11.8 Å². The summed E-state index contributed by atoms with van der Waals surface area (Å²) >= 11 is 1.95. The molecule has 25 heavy (non-hydrogen) atoms. The van der Waals surface area contributed by atoms with Gasteiger partial charge in [0.1, 0.15) is 0 Å². The minimum atomic E-state index is 0.203. The van der Waals surface area contributed by atoms with Crippen molar-refractivity contribution in [1.29, 1.82) is 0 Å². The van der Waals surface area contributed by atoms with Crippen LogP contribution in [0.3, 0.4) is 0 Å². The van der Waals surface area contributed by atoms with Gasteiger partial charge in [0.2, 0.25) is 11.9 Å². The van der Waals surface area contributed by atoms with Crippen molar-refractivity contribution in [2.45, 2.75) is 58.4 Å². The van der Waals surface area contributed by atoms with Crippen molar-refractivity contribution in [2.24, 2.45) is 5.92 Å². The molecule has 0 atom stereocenters. The summed E-state index contributed by atoms with van der Waals surface area (Å²) in [6, 6.07) is 0.347. The molecular formula is C18H29N5OS. The molecule has 1 saturated heterocycles. The second-order valence-electron chi connectivity index (χ2n) is 6.87. The fourth-order valence-electron chi connectivity index (χ4n) is 3.71. The summed E-state index contributed by atoms with van der Waals surface area (Å²) < 4.78 is 0. The molecule has 0 bridgehead atoms. The van der Waals surface area contributed by atoms with E-state index in [0.717, 1.165) is 74.5 Å². The van der Waals surface area contributed by atoms with E-state index < -0.39 is 0 Å². The maximum Gasteiger partial charge on any atom is 0.243 e. The molecule has 0 aromatic carbocycles. The molecule has 1 N–H and O–H groups in total. The average molecular weight is 364 g/mol. The summed E-state index contributed by atoms with van der Waals surface area (Å²) in [5, 5.41) is 12.0. The van der Waals surface area contributed by atoms with E-state index in [1.165, 1.54) is 0 Å². The van der Waals surface area contributed by atoms with Crippen molar-refractivity contribution >= 4 is 23.6 Å². The standard InChI is InChI=1S/C18H29N5OS/c1-3-15-16(4-2)21-22-18(20-15)19-14-7-5-13(6-8-14)17(24)23-9-11-25-12-10-23/h13-14H,3-12H2,1-2H3,(H,19,20,22). The largest absolute Gasteiger partial charge is 0.350 e. The van der Waals surface area contributed by atoms with Gasteiger partial charge in [0.15, 0.2) is 0 Å². The first-order chi connectivity index (χ1) is 12.2. The van der Waals surface area contributed by atoms with Gasteiger partial charge in [-0.25, -0.2) is 4.98 Å². The second-order valence-corrected chi connectivity index (χ2v) is 8.09. The predicted octanol–water partition coefficient (Wildman–Crippen LogP) is 2.54. The van der Waals surface area contributed by atoms with Crippen LogP contribution in [0.4, 0.5) is 5.95 Å². The van der Waals surface area contributed by atoms with Crippen molar-refractivity contribution in [2.75, 3.05) is 29.9 Å². The molecule has 2 aliphatic rings. The molecule has 0 spiro atoms. The number of rotatable bonds is 5. The highest BCUT2D eigenvalue weighted by molar-refractivity contribution is 7.99. The van der Waals surface area contributed by atoms with Crippen molar-refractivity contribution < 1.29 is 4.79 Å². The van der Waals surface area contributed by atoms with Crippen LogP contribution in [0.5, 0.6) is 0 Å². The minimum absolute atomic E-state index is 0.203. The summed E-state index contributed by atoms with van der Waals surface area (Å²) in [5.41, 5.74) is 2.02. The molecule has 2 fully saturated rings. The lowest BCUT2D eigenvalue weighted by atomic mass is 9.85. The molecular weight excluding hydrogens is 334 g/mol. The fourth-order valence-corrected chi connectivity index (χ4v) is 4.61. The number of thioether (sulfide) groups is 1. The Bertz CT molecular complexity index is 583. The quantitative estimate of drug-likeness (QED) is 0.867. The molecule has 1 aromatic heterocycles. The van der Waals surface area contributed by atoms with Crippen LogP contribution in [0, 0.1) is 5.92 Å². The van der Waals surface area contributed by atoms with Gasteiger partial charge < -0.3 is 10.2 Å². The number of carbonyl (C=O) groups is 1. The molecule has 1 amide bonds. The van der Waals surface area contributed by atoms with Gasteiger partial charge in [-0.15, -0.1) is 5.10 Å². The van der Waals surface area contributed by atoms with Gasteiger partial charge in [0, 0.05) is 36.6 Å². The number of anilines is 1. The highest BCUT2D eigenvalue weighted by Gasteiger charge is 2.30. The third-order valence-electron chi connectivity index (χ3n) is 5.24. The Morgan fingerprint density at radius 1 is 1.08 bits per heavy atom. The zero-order valence-corrected chi connectivity index (χ0v) is 16.1. The summed E-state index contributed by atoms with van der Waals surface area (Å²) in [7, 11) is 0. The first-order valence-electron chi connectivity index (χ1n) is 9.56. The van der Waals surface area contributed by atoms with Gasteiger partial charge in [-0.1, -0.05) is 13.8 Å². The first kappa shape index (κ1) is 18.4. The molecule has 1 saturated carbocycles. The Morgan fingerprint density at radius 2 is 1.76 bits per heavy atom. The van der Waals surface area contributed by atoms with Crippen LogP contribution in [0.1, 0.15) is 50.9 Å². The van der Waals surface area contributed by atoms with Crippen molar-refractivity contribution in [1.82, 2.24) is 20.1 Å². The lowest BCUT2D eigenvalue weighted by Crippen LogP contribution is -2.43. The van der Waals surface area contributed by atoms with Crippen LogP contribution in [0.15, 0.2) is 0 Å². The number of amides is 1. The SMILES string of the molecule is CCc1nnc(NC2CCC(C(=O)N3CCSCC3)CC2)nc1CC. The van der Waals surface area contributed by atoms with Gasteiger partial charge >= 0.3 is 0 Å². The van der Waals surface area contributed by atoms with Crippen LogP contribution in [-0.4, -0.2) is 56.6 Å². The summed E-state index contributed by atoms with van der Waals surface area (Å²) in [6.07, 6.45) is 5.66. The lowest BCUT2D eigenvalue weighted by molar-refractivity contribution is -0.136. The van der Waals surface area contributed by atoms with Gasteiger partial charge in [0.05, 0.1) is 11.4 Å². The third kappa shape index (κ3) is 4.63. The molecule has 138 valence electrons. The molecule has 1 aromatic rings. The molecule has 0 radical (unpaired) electrons. The Balaban J connectivity index is 1.51. The lowest BCUT2D eigenvalue weighted by Gasteiger charge is -2.34. The van der Waals surface area contributed by atoms with E-state index in [4.69, 9.17) is 0 Å². The van der Waals surface area contributed by atoms with E-state index in [1.54, 1.807) is 0 Å². The van der Waals surface area contributed by atoms with Crippen LogP contribution < -0.4 is 5.32 Å². The normalized spacial score (nSPS) is 24.2. The first-order valence-corrected chi connectivity index (χ1v) is 10.7. The predicted molar refractivity (Wildman–Crippen MR) is 102 cm³/mol. The number of aryl methyl sites for hydroxylation is 2. The molecule has 0 unspecified atom stereocenters. The maximum absolute atomic E-state index is 12.6. The maximum atomic E-state index is 12.6. The zero-order chi connectivity index (χ0) is 17.6. The van der Waals surface area contributed by atoms with Crippen molar-refractivity contribution in [3.05, 3.63) is 11.4 Å². The molecule has 7 heteroatoms. The van der Waals surface area contributed by atoms with E-state index in [1.807, 2.05) is 11.8 Å². The second kappa shape index (κ2) is 8.83. The Morgan fingerprint density at radius 3 is 2.40 bits per heavy atom. The summed E-state index contributed by atoms with van der Waals surface area (Å²) in [6.45, 7) is 6.02. The van der Waals surface area contributed by atoms with Crippen molar-refractivity contribution in [3.63, 3.8) is 0 Å². The number of carbonyl (C=O) groups excluding carboxylic acids is 1. The van der Waals surface area contributed by atoms with E-state index in [9.17, 15) is 4.79 Å². The number of hydrogen-bond acceptors (Lipinski definition) is 6. The molecule has 3 rings (SSSR count). The van der Waals surface area contributed by atoms with Crippen LogP contribution in [0.25, 0.3) is 0 Å². The molecule has 1 aliphatic carbocycles. The highest BCUT2D eigenvalue weighted by atomic mass is 32.2. The van der Waals surface area contributed by atoms with Gasteiger partial charge in [-0.3, -0.25) is 4.79 Å². The topological polar surface area (TPSA) is 71.0 Å². The van der Waals surface area contributed by atoms with E-state index >= 15 is 0 Å². The summed E-state index contributed by atoms with van der Waals surface area (Å²) in [4.78, 5) is 19.3. The van der Waals surface area contributed by atoms with Crippen LogP contribution in [0.2, 0.25) is 0 Å². The Hall–Kier alpha value is -1.37. The molecule has 6 nitrogen and oxygen atoms in total. The monoisotopic (exact) mass is 363 g/mol. The Labute approximate surface area is 154 Å². The van der Waals surface area contributed by atoms with E-state index in [2.05, 4.69) is 39.2 Å². The summed E-state index contributed by atoms with van der Waals surface area (Å²) in [5.74, 6) is 3.38. The number of aromatic nitrogens is 3. The van der Waals surface area contributed by atoms with Gasteiger partial charge in [-0.2, -0.15) is 16.9 Å². The van der Waals surface area contributed by atoms with Gasteiger partial charge in [-0.05, 0) is 38.5 Å². The van der Waals surface area contributed by atoms with E-state index in [-0.39, 0.29) is 5.92 Å². The highest BCUT2D eigenvalue weighted by Crippen LogP contribution is 2.28. The van der Waals surface area contributed by atoms with Crippen LogP contribution in [-0.2, 0) is 17.6 Å². The number of nitrogens with one attached hydrogen (secondary N) is 1. The third-order valence-corrected chi connectivity index (χ3v) is 6.18. The Kier molecular flexibility index (Phi) is 6.51. The molecule has 2 heterocycles. The number of nitrogens with zero attached hydrogens (tertiary/aromatic N) is 4. The average Bonchev–Trinajstić information content (AvgIpc) is 2.68. The number of hydrogen-bond donors (Lipinski definition) is 1. The zero-order valence-electron chi connectivity index (χ0n) is 15.3. The smallest absolute Gasteiger partial charge is 0.243 e. The van der Waals surface area contributed by atoms with E-state index in [0.29, 0.717) is 17.9 Å². The minimum Gasteiger partial charge on any atom is -0.350 e. The fraction of sp³-hybridized carbons (Fsp3) is 0.778.